The summed E-state index contributed by atoms with van der Waals surface area (Å²) in [5, 5.41) is 4.50. The van der Waals surface area contributed by atoms with Crippen LogP contribution in [0.5, 0.6) is 0 Å². The van der Waals surface area contributed by atoms with E-state index in [0.29, 0.717) is 11.4 Å². The largest absolute Gasteiger partial charge is 0.306 e. The van der Waals surface area contributed by atoms with Gasteiger partial charge in [-0.3, -0.25) is 4.72 Å². The highest BCUT2D eigenvalue weighted by Gasteiger charge is 2.27. The maximum absolute atomic E-state index is 11.8. The number of benzene rings is 1. The lowest BCUT2D eigenvalue weighted by atomic mass is 10.1. The van der Waals surface area contributed by atoms with Crippen LogP contribution in [0.1, 0.15) is 5.69 Å². The molecule has 0 saturated carbocycles. The van der Waals surface area contributed by atoms with E-state index in [1.165, 1.54) is 0 Å². The third kappa shape index (κ3) is 2.57. The van der Waals surface area contributed by atoms with E-state index in [2.05, 4.69) is 14.8 Å². The molecule has 9 heteroatoms. The van der Waals surface area contributed by atoms with E-state index in [0.717, 1.165) is 16.9 Å². The maximum atomic E-state index is 11.8. The minimum atomic E-state index is -3.34. The molecule has 0 radical (unpaired) electrons. The molecular formula is C15H14ClN5O2S. The normalized spacial score (nSPS) is 15.8. The van der Waals surface area contributed by atoms with Gasteiger partial charge in [-0.15, -0.1) is 0 Å². The minimum Gasteiger partial charge on any atom is -0.306 e. The summed E-state index contributed by atoms with van der Waals surface area (Å²) < 4.78 is 29.7. The highest BCUT2D eigenvalue weighted by atomic mass is 35.5. The van der Waals surface area contributed by atoms with Gasteiger partial charge in [-0.05, 0) is 24.6 Å². The Morgan fingerprint density at radius 1 is 1.25 bits per heavy atom. The number of nitrogens with zero attached hydrogens (tertiary/aromatic N) is 4. The van der Waals surface area contributed by atoms with Gasteiger partial charge < -0.3 is 4.57 Å². The second kappa shape index (κ2) is 5.35. The second-order valence-corrected chi connectivity index (χ2v) is 7.83. The first-order valence-corrected chi connectivity index (χ1v) is 9.34. The van der Waals surface area contributed by atoms with E-state index < -0.39 is 10.0 Å². The number of hydrogen-bond acceptors (Lipinski definition) is 4. The first-order valence-electron chi connectivity index (χ1n) is 7.31. The Balaban J connectivity index is 1.76. The molecule has 1 aromatic carbocycles. The number of hydrogen-bond donors (Lipinski definition) is 1. The molecule has 7 nitrogen and oxygen atoms in total. The van der Waals surface area contributed by atoms with Gasteiger partial charge in [0, 0.05) is 11.9 Å². The van der Waals surface area contributed by atoms with Crippen molar-refractivity contribution in [2.45, 2.75) is 13.5 Å². The van der Waals surface area contributed by atoms with Gasteiger partial charge in [-0.2, -0.15) is 5.10 Å². The Hall–Kier alpha value is -2.32. The fourth-order valence-electron chi connectivity index (χ4n) is 2.72. The van der Waals surface area contributed by atoms with Crippen LogP contribution >= 0.6 is 11.6 Å². The van der Waals surface area contributed by atoms with Crippen molar-refractivity contribution in [1.82, 2.24) is 19.3 Å². The van der Waals surface area contributed by atoms with Gasteiger partial charge in [-0.25, -0.2) is 18.1 Å². The van der Waals surface area contributed by atoms with Gasteiger partial charge in [0.25, 0.3) is 0 Å². The van der Waals surface area contributed by atoms with Crippen molar-refractivity contribution in [2.24, 2.45) is 0 Å². The van der Waals surface area contributed by atoms with Crippen LogP contribution in [-0.2, 0) is 16.6 Å². The molecule has 0 aliphatic carbocycles. The number of aromatic nitrogens is 4. The van der Waals surface area contributed by atoms with Gasteiger partial charge in [0.1, 0.15) is 5.82 Å². The summed E-state index contributed by atoms with van der Waals surface area (Å²) in [5.41, 5.74) is 3.28. The molecule has 3 heterocycles. The second-order valence-electron chi connectivity index (χ2n) is 5.63. The molecule has 1 N–H and O–H groups in total. The quantitative estimate of drug-likeness (QED) is 0.758. The minimum absolute atomic E-state index is 0.00360. The zero-order valence-corrected chi connectivity index (χ0v) is 14.3. The standard InChI is InChI=1S/C15H14ClN5O2S/c1-10-8-20(9-17-10)12-4-2-11(3-5-12)13-14(16)18-21-6-7-24(22,23)19-15(13)21/h2-5,8-9,19H,6-7H2,1H3. The molecule has 3 aromatic rings. The summed E-state index contributed by atoms with van der Waals surface area (Å²) in [7, 11) is -3.34. The van der Waals surface area contributed by atoms with Crippen molar-refractivity contribution in [2.75, 3.05) is 10.5 Å². The molecule has 0 spiro atoms. The fraction of sp³-hybridized carbons (Fsp3) is 0.200. The topological polar surface area (TPSA) is 81.8 Å². The number of imidazole rings is 1. The monoisotopic (exact) mass is 363 g/mol. The summed E-state index contributed by atoms with van der Waals surface area (Å²) in [5.74, 6) is 0.411. The lowest BCUT2D eigenvalue weighted by molar-refractivity contribution is 0.577. The van der Waals surface area contributed by atoms with E-state index in [4.69, 9.17) is 11.6 Å². The molecule has 0 amide bonds. The molecule has 0 fully saturated rings. The molecule has 124 valence electrons. The Morgan fingerprint density at radius 2 is 2.00 bits per heavy atom. The van der Waals surface area contributed by atoms with E-state index >= 15 is 0 Å². The van der Waals surface area contributed by atoms with Crippen LogP contribution in [0.15, 0.2) is 36.8 Å². The third-order valence-corrected chi connectivity index (χ3v) is 5.39. The van der Waals surface area contributed by atoms with Gasteiger partial charge in [0.2, 0.25) is 10.0 Å². The predicted octanol–water partition coefficient (Wildman–Crippen LogP) is 2.45. The van der Waals surface area contributed by atoms with Crippen LogP contribution in [0.4, 0.5) is 5.82 Å². The van der Waals surface area contributed by atoms with Crippen molar-refractivity contribution in [3.05, 3.63) is 47.6 Å². The van der Waals surface area contributed by atoms with E-state index in [1.807, 2.05) is 42.0 Å². The zero-order valence-electron chi connectivity index (χ0n) is 12.8. The highest BCUT2D eigenvalue weighted by molar-refractivity contribution is 7.92. The first kappa shape index (κ1) is 15.2. The van der Waals surface area contributed by atoms with E-state index in [-0.39, 0.29) is 17.5 Å². The summed E-state index contributed by atoms with van der Waals surface area (Å²) in [6.07, 6.45) is 3.67. The molecule has 1 aliphatic rings. The van der Waals surface area contributed by atoms with E-state index in [1.54, 1.807) is 11.0 Å². The van der Waals surface area contributed by atoms with Crippen molar-refractivity contribution in [1.29, 1.82) is 0 Å². The number of fused-ring (bicyclic) bond motifs is 1. The predicted molar refractivity (Wildman–Crippen MR) is 91.9 cm³/mol. The molecule has 4 rings (SSSR count). The van der Waals surface area contributed by atoms with Crippen molar-refractivity contribution >= 4 is 27.4 Å². The first-order chi connectivity index (χ1) is 11.4. The number of halogens is 1. The van der Waals surface area contributed by atoms with Crippen LogP contribution in [0.25, 0.3) is 16.8 Å². The molecule has 0 bridgehead atoms. The van der Waals surface area contributed by atoms with E-state index in [9.17, 15) is 8.42 Å². The fourth-order valence-corrected chi connectivity index (χ4v) is 4.03. The summed E-state index contributed by atoms with van der Waals surface area (Å²) >= 11 is 6.24. The zero-order chi connectivity index (χ0) is 16.9. The number of anilines is 1. The van der Waals surface area contributed by atoms with Crippen LogP contribution in [0.3, 0.4) is 0 Å². The molecule has 1 aliphatic heterocycles. The lowest BCUT2D eigenvalue weighted by Crippen LogP contribution is -2.28. The van der Waals surface area contributed by atoms with Crippen molar-refractivity contribution in [3.8, 4) is 16.8 Å². The van der Waals surface area contributed by atoms with Gasteiger partial charge in [0.05, 0.1) is 29.9 Å². The number of rotatable bonds is 2. The smallest absolute Gasteiger partial charge is 0.235 e. The van der Waals surface area contributed by atoms with Gasteiger partial charge in [-0.1, -0.05) is 23.7 Å². The Kier molecular flexibility index (Phi) is 3.40. The number of sulfonamides is 1. The van der Waals surface area contributed by atoms with Crippen LogP contribution < -0.4 is 4.72 Å². The molecule has 0 saturated heterocycles. The number of nitrogens with one attached hydrogen (secondary N) is 1. The molecule has 0 unspecified atom stereocenters. The molecule has 0 atom stereocenters. The summed E-state index contributed by atoms with van der Waals surface area (Å²) in [4.78, 5) is 4.20. The Morgan fingerprint density at radius 3 is 2.67 bits per heavy atom. The summed E-state index contributed by atoms with van der Waals surface area (Å²) in [6.45, 7) is 2.21. The average molecular weight is 364 g/mol. The molecule has 24 heavy (non-hydrogen) atoms. The van der Waals surface area contributed by atoms with Gasteiger partial charge in [0.15, 0.2) is 5.15 Å². The van der Waals surface area contributed by atoms with Crippen molar-refractivity contribution in [3.63, 3.8) is 0 Å². The Bertz CT molecular complexity index is 1020. The summed E-state index contributed by atoms with van der Waals surface area (Å²) in [6, 6.07) is 7.62. The van der Waals surface area contributed by atoms with Crippen molar-refractivity contribution < 1.29 is 8.42 Å². The van der Waals surface area contributed by atoms with Crippen LogP contribution in [0.2, 0.25) is 5.15 Å². The highest BCUT2D eigenvalue weighted by Crippen LogP contribution is 2.37. The SMILES string of the molecule is Cc1cn(-c2ccc(-c3c(Cl)nn4c3NS(=O)(=O)CC4)cc2)cn1. The third-order valence-electron chi connectivity index (χ3n) is 3.90. The maximum Gasteiger partial charge on any atom is 0.235 e. The number of aryl methyl sites for hydroxylation is 2. The van der Waals surface area contributed by atoms with Crippen LogP contribution in [0, 0.1) is 6.92 Å². The van der Waals surface area contributed by atoms with Crippen LogP contribution in [-0.4, -0.2) is 33.5 Å². The Labute approximate surface area is 143 Å². The lowest BCUT2D eigenvalue weighted by Gasteiger charge is -2.17. The molecular weight excluding hydrogens is 350 g/mol. The van der Waals surface area contributed by atoms with Gasteiger partial charge >= 0.3 is 0 Å². The average Bonchev–Trinajstić information content (AvgIpc) is 3.09. The molecule has 2 aromatic heterocycles.